The fourth-order valence-electron chi connectivity index (χ4n) is 1.63. The summed E-state index contributed by atoms with van der Waals surface area (Å²) in [5.41, 5.74) is -1.31. The summed E-state index contributed by atoms with van der Waals surface area (Å²) < 4.78 is 5.28. The number of hydrogen-bond acceptors (Lipinski definition) is 3. The second-order valence-corrected chi connectivity index (χ2v) is 3.58. The van der Waals surface area contributed by atoms with Crippen LogP contribution in [0.5, 0.6) is 0 Å². The highest BCUT2D eigenvalue weighted by Crippen LogP contribution is 2.23. The molecule has 15 heavy (non-hydrogen) atoms. The second-order valence-electron chi connectivity index (χ2n) is 3.58. The number of amides is 1. The summed E-state index contributed by atoms with van der Waals surface area (Å²) in [4.78, 5) is 23.8. The Hall–Kier alpha value is -1.36. The molecule has 0 aromatic heterocycles. The van der Waals surface area contributed by atoms with Crippen LogP contribution in [0.1, 0.15) is 13.3 Å². The van der Waals surface area contributed by atoms with Crippen molar-refractivity contribution in [3.8, 4) is 0 Å². The molecule has 5 heteroatoms. The number of rotatable bonds is 3. The minimum atomic E-state index is -1.31. The average Bonchev–Trinajstić information content (AvgIpc) is 2.18. The summed E-state index contributed by atoms with van der Waals surface area (Å²) in [5, 5.41) is 9.11. The van der Waals surface area contributed by atoms with Crippen molar-refractivity contribution in [3.63, 3.8) is 0 Å². The first-order valence-electron chi connectivity index (χ1n) is 4.75. The van der Waals surface area contributed by atoms with Gasteiger partial charge in [0.1, 0.15) is 0 Å². The summed E-state index contributed by atoms with van der Waals surface area (Å²) in [7, 11) is 0. The minimum Gasteiger partial charge on any atom is -0.479 e. The molecule has 1 N–H and O–H groups in total. The number of nitrogens with zero attached hydrogens (tertiary/aromatic N) is 1. The summed E-state index contributed by atoms with van der Waals surface area (Å²) >= 11 is 0. The maximum atomic E-state index is 11.2. The van der Waals surface area contributed by atoms with Crippen molar-refractivity contribution in [1.29, 1.82) is 0 Å². The zero-order valence-electron chi connectivity index (χ0n) is 8.73. The maximum absolute atomic E-state index is 11.2. The molecule has 5 nitrogen and oxygen atoms in total. The fraction of sp³-hybridized carbons (Fsp3) is 0.600. The number of carbonyl (C=O) groups is 2. The van der Waals surface area contributed by atoms with Gasteiger partial charge in [0, 0.05) is 19.9 Å². The molecule has 0 aliphatic carbocycles. The van der Waals surface area contributed by atoms with E-state index in [1.165, 1.54) is 17.9 Å². The Labute approximate surface area is 88.3 Å². The first kappa shape index (κ1) is 11.7. The van der Waals surface area contributed by atoms with Crippen molar-refractivity contribution in [3.05, 3.63) is 12.7 Å². The molecule has 1 heterocycles. The molecule has 1 atom stereocenters. The Balaban J connectivity index is 2.84. The van der Waals surface area contributed by atoms with Crippen molar-refractivity contribution in [2.24, 2.45) is 0 Å². The third-order valence-corrected chi connectivity index (χ3v) is 2.49. The van der Waals surface area contributed by atoms with Crippen LogP contribution < -0.4 is 0 Å². The fourth-order valence-corrected chi connectivity index (χ4v) is 1.63. The lowest BCUT2D eigenvalue weighted by Crippen LogP contribution is -2.57. The van der Waals surface area contributed by atoms with E-state index in [0.717, 1.165) is 0 Å². The van der Waals surface area contributed by atoms with Crippen molar-refractivity contribution < 1.29 is 19.4 Å². The number of morpholine rings is 1. The van der Waals surface area contributed by atoms with Crippen LogP contribution in [0.3, 0.4) is 0 Å². The van der Waals surface area contributed by atoms with Crippen LogP contribution in [-0.4, -0.2) is 47.2 Å². The summed E-state index contributed by atoms with van der Waals surface area (Å²) in [6, 6.07) is 0. The molecule has 0 bridgehead atoms. The van der Waals surface area contributed by atoms with Crippen LogP contribution in [0, 0.1) is 0 Å². The Morgan fingerprint density at radius 3 is 2.80 bits per heavy atom. The van der Waals surface area contributed by atoms with E-state index in [0.29, 0.717) is 6.54 Å². The topological polar surface area (TPSA) is 66.8 Å². The van der Waals surface area contributed by atoms with Crippen LogP contribution in [0.25, 0.3) is 0 Å². The molecule has 0 spiro atoms. The first-order valence-corrected chi connectivity index (χ1v) is 4.75. The smallest absolute Gasteiger partial charge is 0.338 e. The van der Waals surface area contributed by atoms with Gasteiger partial charge in [-0.1, -0.05) is 6.08 Å². The highest BCUT2D eigenvalue weighted by molar-refractivity contribution is 5.80. The SMILES string of the molecule is C=CCC1(C(=O)O)CN(C(C)=O)CCO1. The van der Waals surface area contributed by atoms with Gasteiger partial charge in [0.25, 0.3) is 0 Å². The van der Waals surface area contributed by atoms with Gasteiger partial charge in [-0.2, -0.15) is 0 Å². The molecule has 1 saturated heterocycles. The van der Waals surface area contributed by atoms with Gasteiger partial charge in [0.15, 0.2) is 5.60 Å². The molecular weight excluding hydrogens is 198 g/mol. The van der Waals surface area contributed by atoms with Crippen LogP contribution in [0.4, 0.5) is 0 Å². The Morgan fingerprint density at radius 1 is 1.67 bits per heavy atom. The molecule has 1 aliphatic rings. The van der Waals surface area contributed by atoms with Gasteiger partial charge in [-0.15, -0.1) is 6.58 Å². The van der Waals surface area contributed by atoms with Crippen LogP contribution in [-0.2, 0) is 14.3 Å². The highest BCUT2D eigenvalue weighted by Gasteiger charge is 2.43. The standard InChI is InChI=1S/C10H15NO4/c1-3-4-10(9(13)14)7-11(8(2)12)5-6-15-10/h3H,1,4-7H2,2H3,(H,13,14). The van der Waals surface area contributed by atoms with Gasteiger partial charge in [0.05, 0.1) is 13.2 Å². The number of carboxylic acids is 1. The molecule has 1 rings (SSSR count). The van der Waals surface area contributed by atoms with Gasteiger partial charge in [-0.25, -0.2) is 4.79 Å². The van der Waals surface area contributed by atoms with Crippen LogP contribution in [0.2, 0.25) is 0 Å². The quantitative estimate of drug-likeness (QED) is 0.683. The number of carbonyl (C=O) groups excluding carboxylic acids is 1. The van der Waals surface area contributed by atoms with Gasteiger partial charge >= 0.3 is 5.97 Å². The van der Waals surface area contributed by atoms with E-state index in [2.05, 4.69) is 6.58 Å². The number of aliphatic carboxylic acids is 1. The number of carboxylic acid groups (broad SMARTS) is 1. The van der Waals surface area contributed by atoms with Crippen molar-refractivity contribution in [1.82, 2.24) is 4.90 Å². The van der Waals surface area contributed by atoms with Gasteiger partial charge in [0.2, 0.25) is 5.91 Å². The third-order valence-electron chi connectivity index (χ3n) is 2.49. The summed E-state index contributed by atoms with van der Waals surface area (Å²) in [6.45, 7) is 5.71. The molecule has 84 valence electrons. The molecule has 1 fully saturated rings. The molecule has 0 saturated carbocycles. The molecule has 0 aromatic carbocycles. The lowest BCUT2D eigenvalue weighted by Gasteiger charge is -2.38. The molecule has 0 aromatic rings. The summed E-state index contributed by atoms with van der Waals surface area (Å²) in [6.07, 6.45) is 1.70. The highest BCUT2D eigenvalue weighted by atomic mass is 16.5. The zero-order valence-corrected chi connectivity index (χ0v) is 8.73. The molecule has 1 aliphatic heterocycles. The van der Waals surface area contributed by atoms with E-state index in [-0.39, 0.29) is 25.5 Å². The first-order chi connectivity index (χ1) is 7.02. The maximum Gasteiger partial charge on any atom is 0.338 e. The van der Waals surface area contributed by atoms with E-state index in [4.69, 9.17) is 9.84 Å². The Kier molecular flexibility index (Phi) is 3.47. The van der Waals surface area contributed by atoms with Gasteiger partial charge < -0.3 is 14.7 Å². The van der Waals surface area contributed by atoms with E-state index < -0.39 is 11.6 Å². The molecule has 1 amide bonds. The normalized spacial score (nSPS) is 26.1. The van der Waals surface area contributed by atoms with E-state index in [1.807, 2.05) is 0 Å². The third kappa shape index (κ3) is 2.36. The van der Waals surface area contributed by atoms with Crippen molar-refractivity contribution in [2.75, 3.05) is 19.7 Å². The number of hydrogen-bond donors (Lipinski definition) is 1. The predicted octanol–water partition coefficient (Wildman–Crippen LogP) is 0.265. The summed E-state index contributed by atoms with van der Waals surface area (Å²) in [5.74, 6) is -1.18. The average molecular weight is 213 g/mol. The van der Waals surface area contributed by atoms with E-state index in [1.54, 1.807) is 0 Å². The minimum absolute atomic E-state index is 0.0870. The van der Waals surface area contributed by atoms with E-state index in [9.17, 15) is 9.59 Å². The molecule has 1 unspecified atom stereocenters. The monoisotopic (exact) mass is 213 g/mol. The van der Waals surface area contributed by atoms with E-state index >= 15 is 0 Å². The van der Waals surface area contributed by atoms with Crippen molar-refractivity contribution in [2.45, 2.75) is 18.9 Å². The molecular formula is C10H15NO4. The van der Waals surface area contributed by atoms with Crippen LogP contribution in [0.15, 0.2) is 12.7 Å². The van der Waals surface area contributed by atoms with Crippen molar-refractivity contribution >= 4 is 11.9 Å². The lowest BCUT2D eigenvalue weighted by molar-refractivity contribution is -0.179. The largest absolute Gasteiger partial charge is 0.479 e. The Morgan fingerprint density at radius 2 is 2.33 bits per heavy atom. The lowest BCUT2D eigenvalue weighted by atomic mass is 9.97. The zero-order chi connectivity index (χ0) is 11.5. The number of ether oxygens (including phenoxy) is 1. The van der Waals surface area contributed by atoms with Gasteiger partial charge in [-0.3, -0.25) is 4.79 Å². The second kappa shape index (κ2) is 4.44. The molecule has 0 radical (unpaired) electrons. The van der Waals surface area contributed by atoms with Gasteiger partial charge in [-0.05, 0) is 0 Å². The predicted molar refractivity (Wildman–Crippen MR) is 53.4 cm³/mol. The Bertz CT molecular complexity index is 289. The van der Waals surface area contributed by atoms with Crippen LogP contribution >= 0.6 is 0 Å².